The molecule has 1 aromatic carbocycles. The summed E-state index contributed by atoms with van der Waals surface area (Å²) in [4.78, 5) is 19.4. The molecule has 25 heavy (non-hydrogen) atoms. The van der Waals surface area contributed by atoms with Crippen molar-refractivity contribution in [1.82, 2.24) is 4.98 Å². The van der Waals surface area contributed by atoms with Crippen LogP contribution in [0.1, 0.15) is 60.6 Å². The molecule has 1 aromatic heterocycles. The van der Waals surface area contributed by atoms with Crippen LogP contribution in [0, 0.1) is 6.92 Å². The summed E-state index contributed by atoms with van der Waals surface area (Å²) in [7, 11) is 0. The zero-order chi connectivity index (χ0) is 17.8. The quantitative estimate of drug-likeness (QED) is 0.875. The Morgan fingerprint density at radius 2 is 1.92 bits per heavy atom. The monoisotopic (exact) mass is 337 g/mol. The molecule has 1 aliphatic heterocycles. The number of nitrogens with zero attached hydrogens (tertiary/aromatic N) is 2. The van der Waals surface area contributed by atoms with E-state index in [0.29, 0.717) is 11.6 Å². The highest BCUT2D eigenvalue weighted by Crippen LogP contribution is 2.28. The van der Waals surface area contributed by atoms with Gasteiger partial charge in [-0.05, 0) is 55.4 Å². The Kier molecular flexibility index (Phi) is 5.37. The second-order valence-corrected chi connectivity index (χ2v) is 7.09. The minimum atomic E-state index is -0.143. The van der Waals surface area contributed by atoms with Gasteiger partial charge in [-0.25, -0.2) is 0 Å². The number of aromatic nitrogens is 1. The first-order chi connectivity index (χ1) is 12.1. The topological polar surface area (TPSA) is 45.2 Å². The molecule has 0 saturated carbocycles. The number of hydrogen-bond donors (Lipinski definition) is 1. The van der Waals surface area contributed by atoms with Gasteiger partial charge in [-0.3, -0.25) is 9.78 Å². The van der Waals surface area contributed by atoms with Crippen LogP contribution in [0.3, 0.4) is 0 Å². The van der Waals surface area contributed by atoms with Crippen molar-refractivity contribution in [2.24, 2.45) is 0 Å². The maximum atomic E-state index is 12.8. The van der Waals surface area contributed by atoms with Crippen LogP contribution in [-0.2, 0) is 0 Å². The van der Waals surface area contributed by atoms with Crippen LogP contribution in [0.5, 0.6) is 0 Å². The van der Waals surface area contributed by atoms with Gasteiger partial charge in [0.2, 0.25) is 0 Å². The molecule has 2 aromatic rings. The van der Waals surface area contributed by atoms with Crippen LogP contribution >= 0.6 is 0 Å². The number of piperidine rings is 1. The molecule has 1 saturated heterocycles. The Morgan fingerprint density at radius 3 is 2.64 bits per heavy atom. The molecule has 0 atom stereocenters. The lowest BCUT2D eigenvalue weighted by Gasteiger charge is -2.28. The number of anilines is 2. The van der Waals surface area contributed by atoms with Crippen LogP contribution < -0.4 is 10.2 Å². The normalized spacial score (nSPS) is 14.6. The number of hydrogen-bond acceptors (Lipinski definition) is 3. The Hall–Kier alpha value is -2.36. The number of pyridine rings is 1. The molecule has 4 heteroatoms. The molecule has 2 heterocycles. The van der Waals surface area contributed by atoms with Crippen LogP contribution in [0.25, 0.3) is 0 Å². The number of carbonyl (C=O) groups is 1. The first kappa shape index (κ1) is 17.5. The Morgan fingerprint density at radius 1 is 1.16 bits per heavy atom. The zero-order valence-electron chi connectivity index (χ0n) is 15.4. The predicted molar refractivity (Wildman–Crippen MR) is 104 cm³/mol. The minimum absolute atomic E-state index is 0.143. The van der Waals surface area contributed by atoms with E-state index >= 15 is 0 Å². The SMILES string of the molecule is Cc1cccc(C(C)C)c1NC(=O)c1cc(N2CCCCC2)ccn1. The summed E-state index contributed by atoms with van der Waals surface area (Å²) in [6.45, 7) is 8.42. The number of carbonyl (C=O) groups excluding carboxylic acids is 1. The van der Waals surface area contributed by atoms with Crippen molar-refractivity contribution in [3.05, 3.63) is 53.3 Å². The van der Waals surface area contributed by atoms with Crippen molar-refractivity contribution >= 4 is 17.3 Å². The van der Waals surface area contributed by atoms with Crippen LogP contribution in [-0.4, -0.2) is 24.0 Å². The lowest BCUT2D eigenvalue weighted by atomic mass is 9.98. The second-order valence-electron chi connectivity index (χ2n) is 7.09. The van der Waals surface area contributed by atoms with Crippen molar-refractivity contribution < 1.29 is 4.79 Å². The van der Waals surface area contributed by atoms with Crippen molar-refractivity contribution in [3.8, 4) is 0 Å². The van der Waals surface area contributed by atoms with E-state index in [0.717, 1.165) is 35.6 Å². The maximum Gasteiger partial charge on any atom is 0.274 e. The summed E-state index contributed by atoms with van der Waals surface area (Å²) in [5.41, 5.74) is 4.70. The molecule has 0 aliphatic carbocycles. The van der Waals surface area contributed by atoms with Crippen molar-refractivity contribution in [3.63, 3.8) is 0 Å². The van der Waals surface area contributed by atoms with Crippen LogP contribution in [0.2, 0.25) is 0 Å². The van der Waals surface area contributed by atoms with Gasteiger partial charge >= 0.3 is 0 Å². The summed E-state index contributed by atoms with van der Waals surface area (Å²) in [5, 5.41) is 3.09. The fraction of sp³-hybridized carbons (Fsp3) is 0.429. The average molecular weight is 337 g/mol. The van der Waals surface area contributed by atoms with E-state index in [4.69, 9.17) is 0 Å². The van der Waals surface area contributed by atoms with Crippen LogP contribution in [0.15, 0.2) is 36.5 Å². The zero-order valence-corrected chi connectivity index (χ0v) is 15.4. The van der Waals surface area contributed by atoms with E-state index in [-0.39, 0.29) is 5.91 Å². The van der Waals surface area contributed by atoms with Gasteiger partial charge in [0.05, 0.1) is 0 Å². The molecule has 3 rings (SSSR count). The lowest BCUT2D eigenvalue weighted by molar-refractivity contribution is 0.102. The minimum Gasteiger partial charge on any atom is -0.371 e. The van der Waals surface area contributed by atoms with Gasteiger partial charge < -0.3 is 10.2 Å². The molecule has 0 unspecified atom stereocenters. The van der Waals surface area contributed by atoms with E-state index in [1.165, 1.54) is 19.3 Å². The third-order valence-corrected chi connectivity index (χ3v) is 4.86. The molecule has 0 spiro atoms. The van der Waals surface area contributed by atoms with E-state index in [1.807, 2.05) is 31.2 Å². The van der Waals surface area contributed by atoms with Gasteiger partial charge in [-0.2, -0.15) is 0 Å². The fourth-order valence-electron chi connectivity index (χ4n) is 3.41. The lowest BCUT2D eigenvalue weighted by Crippen LogP contribution is -2.29. The number of aryl methyl sites for hydroxylation is 1. The fourth-order valence-corrected chi connectivity index (χ4v) is 3.41. The van der Waals surface area contributed by atoms with E-state index in [2.05, 4.69) is 35.1 Å². The summed E-state index contributed by atoms with van der Waals surface area (Å²) in [6, 6.07) is 10.0. The predicted octanol–water partition coefficient (Wildman–Crippen LogP) is 4.76. The Labute approximate surface area is 150 Å². The van der Waals surface area contributed by atoms with E-state index in [1.54, 1.807) is 6.20 Å². The van der Waals surface area contributed by atoms with Gasteiger partial charge in [0.25, 0.3) is 5.91 Å². The molecule has 0 bridgehead atoms. The number of para-hydroxylation sites is 1. The smallest absolute Gasteiger partial charge is 0.274 e. The highest BCUT2D eigenvalue weighted by Gasteiger charge is 2.16. The standard InChI is InChI=1S/C21H27N3O/c1-15(2)18-9-7-8-16(3)20(18)23-21(25)19-14-17(10-11-22-19)24-12-5-4-6-13-24/h7-11,14-15H,4-6,12-13H2,1-3H3,(H,23,25). The molecule has 1 amide bonds. The summed E-state index contributed by atoms with van der Waals surface area (Å²) >= 11 is 0. The molecule has 1 fully saturated rings. The number of rotatable bonds is 4. The highest BCUT2D eigenvalue weighted by molar-refractivity contribution is 6.04. The van der Waals surface area contributed by atoms with Crippen molar-refractivity contribution in [2.75, 3.05) is 23.3 Å². The molecule has 1 aliphatic rings. The number of nitrogens with one attached hydrogen (secondary N) is 1. The largest absolute Gasteiger partial charge is 0.371 e. The molecule has 132 valence electrons. The molecule has 1 N–H and O–H groups in total. The summed E-state index contributed by atoms with van der Waals surface area (Å²) in [5.74, 6) is 0.206. The van der Waals surface area contributed by atoms with E-state index in [9.17, 15) is 4.79 Å². The molecular formula is C21H27N3O. The van der Waals surface area contributed by atoms with Gasteiger partial charge in [0.15, 0.2) is 0 Å². The maximum absolute atomic E-state index is 12.8. The van der Waals surface area contributed by atoms with Gasteiger partial charge in [0, 0.05) is 30.7 Å². The highest BCUT2D eigenvalue weighted by atomic mass is 16.1. The second kappa shape index (κ2) is 7.68. The van der Waals surface area contributed by atoms with Crippen LogP contribution in [0.4, 0.5) is 11.4 Å². The van der Waals surface area contributed by atoms with E-state index < -0.39 is 0 Å². The van der Waals surface area contributed by atoms with Crippen molar-refractivity contribution in [1.29, 1.82) is 0 Å². The molecule has 4 nitrogen and oxygen atoms in total. The number of benzene rings is 1. The summed E-state index contributed by atoms with van der Waals surface area (Å²) < 4.78 is 0. The van der Waals surface area contributed by atoms with Gasteiger partial charge in [0.1, 0.15) is 5.69 Å². The molecular weight excluding hydrogens is 310 g/mol. The van der Waals surface area contributed by atoms with Gasteiger partial charge in [-0.15, -0.1) is 0 Å². The first-order valence-electron chi connectivity index (χ1n) is 9.18. The third kappa shape index (κ3) is 4.01. The Bertz CT molecular complexity index is 749. The van der Waals surface area contributed by atoms with Gasteiger partial charge in [-0.1, -0.05) is 32.0 Å². The number of amides is 1. The summed E-state index contributed by atoms with van der Waals surface area (Å²) in [6.07, 6.45) is 5.45. The average Bonchev–Trinajstić information content (AvgIpc) is 2.64. The molecule has 0 radical (unpaired) electrons. The third-order valence-electron chi connectivity index (χ3n) is 4.86. The van der Waals surface area contributed by atoms with Crippen molar-refractivity contribution in [2.45, 2.75) is 46.0 Å². The Balaban J connectivity index is 1.82. The first-order valence-corrected chi connectivity index (χ1v) is 9.18.